The van der Waals surface area contributed by atoms with Gasteiger partial charge in [0.1, 0.15) is 0 Å². The Hall–Kier alpha value is -2.34. The minimum atomic E-state index is -1.07. The minimum Gasteiger partial charge on any atom is -0.478 e. The lowest BCUT2D eigenvalue weighted by Crippen LogP contribution is -2.29. The van der Waals surface area contributed by atoms with Gasteiger partial charge in [-0.25, -0.2) is 9.59 Å². The number of carboxylic acids is 1. The Morgan fingerprint density at radius 2 is 1.95 bits per heavy atom. The number of hydrogen-bond donors (Lipinski definition) is 3. The molecule has 2 aromatic rings. The van der Waals surface area contributed by atoms with Crippen LogP contribution in [0, 0.1) is 13.8 Å². The first-order chi connectivity index (χ1) is 9.99. The van der Waals surface area contributed by atoms with Crippen LogP contribution in [0.5, 0.6) is 0 Å². The summed E-state index contributed by atoms with van der Waals surface area (Å²) in [5.41, 5.74) is 3.29. The lowest BCUT2D eigenvalue weighted by molar-refractivity contribution is 0.0698. The predicted octanol–water partition coefficient (Wildman–Crippen LogP) is 3.38. The number of hydrogen-bond acceptors (Lipinski definition) is 3. The fourth-order valence-electron chi connectivity index (χ4n) is 1.91. The maximum absolute atomic E-state index is 11.9. The summed E-state index contributed by atoms with van der Waals surface area (Å²) in [7, 11) is 0. The van der Waals surface area contributed by atoms with Crippen molar-refractivity contribution in [1.82, 2.24) is 5.32 Å². The summed E-state index contributed by atoms with van der Waals surface area (Å²) in [6.45, 7) is 4.15. The molecule has 0 fully saturated rings. The number of para-hydroxylation sites is 1. The van der Waals surface area contributed by atoms with Crippen molar-refractivity contribution in [3.05, 3.63) is 51.2 Å². The van der Waals surface area contributed by atoms with E-state index < -0.39 is 12.0 Å². The number of rotatable bonds is 4. The number of aromatic carboxylic acids is 1. The lowest BCUT2D eigenvalue weighted by Gasteiger charge is -2.12. The molecule has 1 heterocycles. The highest BCUT2D eigenvalue weighted by molar-refractivity contribution is 7.08. The number of aryl methyl sites for hydroxylation is 2. The average Bonchev–Trinajstić information content (AvgIpc) is 2.84. The molecule has 1 aromatic heterocycles. The van der Waals surface area contributed by atoms with Crippen molar-refractivity contribution < 1.29 is 14.7 Å². The molecule has 0 aliphatic rings. The average molecular weight is 304 g/mol. The van der Waals surface area contributed by atoms with Crippen LogP contribution in [-0.4, -0.2) is 17.1 Å². The minimum absolute atomic E-state index is 0.0804. The molecule has 0 spiro atoms. The zero-order valence-corrected chi connectivity index (χ0v) is 12.6. The van der Waals surface area contributed by atoms with E-state index in [2.05, 4.69) is 10.6 Å². The standard InChI is InChI=1S/C15H16N2O3S/c1-9-4-3-5-12(14(18)19)13(9)17-15(20)16-6-11-8-21-7-10(11)2/h3-5,7-8H,6H2,1-2H3,(H,18,19)(H2,16,17,20). The van der Waals surface area contributed by atoms with Crippen LogP contribution in [0.1, 0.15) is 27.0 Å². The molecule has 110 valence electrons. The van der Waals surface area contributed by atoms with Crippen LogP contribution < -0.4 is 10.6 Å². The number of thiophene rings is 1. The number of anilines is 1. The van der Waals surface area contributed by atoms with Crippen molar-refractivity contribution in [3.8, 4) is 0 Å². The fraction of sp³-hybridized carbons (Fsp3) is 0.200. The lowest BCUT2D eigenvalue weighted by atomic mass is 10.1. The number of carboxylic acid groups (broad SMARTS) is 1. The van der Waals surface area contributed by atoms with E-state index in [0.29, 0.717) is 17.8 Å². The third-order valence-corrected chi connectivity index (χ3v) is 4.05. The van der Waals surface area contributed by atoms with Gasteiger partial charge in [-0.05, 0) is 47.4 Å². The van der Waals surface area contributed by atoms with E-state index in [1.807, 2.05) is 17.7 Å². The van der Waals surface area contributed by atoms with E-state index in [0.717, 1.165) is 11.1 Å². The Morgan fingerprint density at radius 3 is 2.57 bits per heavy atom. The van der Waals surface area contributed by atoms with Gasteiger partial charge in [0, 0.05) is 6.54 Å². The molecular weight excluding hydrogens is 288 g/mol. The van der Waals surface area contributed by atoms with Gasteiger partial charge in [0.05, 0.1) is 11.3 Å². The number of benzene rings is 1. The molecule has 6 heteroatoms. The number of nitrogens with one attached hydrogen (secondary N) is 2. The predicted molar refractivity (Wildman–Crippen MR) is 83.1 cm³/mol. The SMILES string of the molecule is Cc1cscc1CNC(=O)Nc1c(C)cccc1C(=O)O. The van der Waals surface area contributed by atoms with Crippen LogP contribution in [0.15, 0.2) is 29.0 Å². The first-order valence-corrected chi connectivity index (χ1v) is 7.32. The summed E-state index contributed by atoms with van der Waals surface area (Å²) < 4.78 is 0. The van der Waals surface area contributed by atoms with Crippen LogP contribution in [0.4, 0.5) is 10.5 Å². The van der Waals surface area contributed by atoms with Gasteiger partial charge < -0.3 is 15.7 Å². The molecule has 5 nitrogen and oxygen atoms in total. The van der Waals surface area contributed by atoms with Gasteiger partial charge >= 0.3 is 12.0 Å². The number of carbonyl (C=O) groups excluding carboxylic acids is 1. The van der Waals surface area contributed by atoms with E-state index in [4.69, 9.17) is 5.11 Å². The van der Waals surface area contributed by atoms with Crippen LogP contribution >= 0.6 is 11.3 Å². The van der Waals surface area contributed by atoms with E-state index in [-0.39, 0.29) is 5.56 Å². The van der Waals surface area contributed by atoms with Crippen LogP contribution in [-0.2, 0) is 6.54 Å². The number of amides is 2. The maximum Gasteiger partial charge on any atom is 0.337 e. The molecule has 0 bridgehead atoms. The van der Waals surface area contributed by atoms with Crippen molar-refractivity contribution in [1.29, 1.82) is 0 Å². The third-order valence-electron chi connectivity index (χ3n) is 3.14. The third kappa shape index (κ3) is 3.61. The van der Waals surface area contributed by atoms with Gasteiger partial charge in [0.2, 0.25) is 0 Å². The number of carbonyl (C=O) groups is 2. The molecule has 2 amide bonds. The molecule has 1 aromatic carbocycles. The molecule has 2 rings (SSSR count). The highest BCUT2D eigenvalue weighted by Crippen LogP contribution is 2.20. The second-order valence-electron chi connectivity index (χ2n) is 4.69. The monoisotopic (exact) mass is 304 g/mol. The molecule has 0 radical (unpaired) electrons. The highest BCUT2D eigenvalue weighted by Gasteiger charge is 2.14. The normalized spacial score (nSPS) is 10.2. The molecule has 0 aliphatic heterocycles. The summed E-state index contributed by atoms with van der Waals surface area (Å²) >= 11 is 1.58. The molecule has 0 aliphatic carbocycles. The smallest absolute Gasteiger partial charge is 0.337 e. The zero-order chi connectivity index (χ0) is 15.4. The number of urea groups is 1. The Bertz CT molecular complexity index is 679. The Morgan fingerprint density at radius 1 is 1.19 bits per heavy atom. The van der Waals surface area contributed by atoms with Crippen LogP contribution in [0.2, 0.25) is 0 Å². The second-order valence-corrected chi connectivity index (χ2v) is 5.43. The van der Waals surface area contributed by atoms with Crippen molar-refractivity contribution in [3.63, 3.8) is 0 Å². The Labute approximate surface area is 126 Å². The second kappa shape index (κ2) is 6.41. The molecule has 0 atom stereocenters. The summed E-state index contributed by atoms with van der Waals surface area (Å²) in [6, 6.07) is 4.45. The zero-order valence-electron chi connectivity index (χ0n) is 11.8. The van der Waals surface area contributed by atoms with Crippen molar-refractivity contribution in [2.75, 3.05) is 5.32 Å². The first kappa shape index (κ1) is 15.1. The largest absolute Gasteiger partial charge is 0.478 e. The summed E-state index contributed by atoms with van der Waals surface area (Å²) in [6.07, 6.45) is 0. The van der Waals surface area contributed by atoms with Gasteiger partial charge in [-0.2, -0.15) is 11.3 Å². The van der Waals surface area contributed by atoms with Crippen molar-refractivity contribution in [2.45, 2.75) is 20.4 Å². The van der Waals surface area contributed by atoms with Gasteiger partial charge in [-0.1, -0.05) is 12.1 Å². The highest BCUT2D eigenvalue weighted by atomic mass is 32.1. The fourth-order valence-corrected chi connectivity index (χ4v) is 2.77. The molecule has 0 unspecified atom stereocenters. The maximum atomic E-state index is 11.9. The van der Waals surface area contributed by atoms with E-state index >= 15 is 0 Å². The van der Waals surface area contributed by atoms with Crippen molar-refractivity contribution in [2.24, 2.45) is 0 Å². The first-order valence-electron chi connectivity index (χ1n) is 6.38. The van der Waals surface area contributed by atoms with E-state index in [1.54, 1.807) is 30.4 Å². The van der Waals surface area contributed by atoms with E-state index in [9.17, 15) is 9.59 Å². The summed E-state index contributed by atoms with van der Waals surface area (Å²) in [5, 5.41) is 18.5. The summed E-state index contributed by atoms with van der Waals surface area (Å²) in [5.74, 6) is -1.07. The molecule has 0 saturated carbocycles. The van der Waals surface area contributed by atoms with Crippen molar-refractivity contribution >= 4 is 29.0 Å². The quantitative estimate of drug-likeness (QED) is 0.810. The molecule has 0 saturated heterocycles. The Balaban J connectivity index is 2.06. The molecule has 3 N–H and O–H groups in total. The van der Waals surface area contributed by atoms with Crippen LogP contribution in [0.3, 0.4) is 0 Å². The van der Waals surface area contributed by atoms with Gasteiger partial charge in [0.25, 0.3) is 0 Å². The summed E-state index contributed by atoms with van der Waals surface area (Å²) in [4.78, 5) is 23.1. The van der Waals surface area contributed by atoms with Crippen LogP contribution in [0.25, 0.3) is 0 Å². The van der Waals surface area contributed by atoms with E-state index in [1.165, 1.54) is 6.07 Å². The van der Waals surface area contributed by atoms with Gasteiger partial charge in [0.15, 0.2) is 0 Å². The van der Waals surface area contributed by atoms with Gasteiger partial charge in [-0.3, -0.25) is 0 Å². The molecular formula is C15H16N2O3S. The molecule has 21 heavy (non-hydrogen) atoms. The Kier molecular flexibility index (Phi) is 4.59. The topological polar surface area (TPSA) is 78.4 Å². The van der Waals surface area contributed by atoms with Gasteiger partial charge in [-0.15, -0.1) is 0 Å².